The summed E-state index contributed by atoms with van der Waals surface area (Å²) in [6.45, 7) is 6.62. The molecule has 0 aliphatic heterocycles. The Balaban J connectivity index is 0.00000529. The molecule has 0 atom stereocenters. The molecule has 2 N–H and O–H groups in total. The number of rotatable bonds is 9. The Morgan fingerprint density at radius 1 is 1.21 bits per heavy atom. The Morgan fingerprint density at radius 3 is 2.46 bits per heavy atom. The standard InChI is InChI=1S/C15H24BrN3O3S.HI/c1-3-17-15(18-9-11-22-4-2)19-10-12-23(20,21)14-7-5-13(16)6-8-14;/h5-8H,3-4,9-12H2,1-2H3,(H2,17,18,19);1H. The van der Waals surface area contributed by atoms with Gasteiger partial charge in [-0.1, -0.05) is 15.9 Å². The third kappa shape index (κ3) is 9.19. The average molecular weight is 534 g/mol. The van der Waals surface area contributed by atoms with Crippen LogP contribution in [0.1, 0.15) is 13.8 Å². The monoisotopic (exact) mass is 533 g/mol. The van der Waals surface area contributed by atoms with Gasteiger partial charge in [0.25, 0.3) is 0 Å². The number of benzene rings is 1. The first-order valence-corrected chi connectivity index (χ1v) is 10.0. The van der Waals surface area contributed by atoms with Crippen molar-refractivity contribution in [3.8, 4) is 0 Å². The van der Waals surface area contributed by atoms with Crippen molar-refractivity contribution in [1.82, 2.24) is 10.6 Å². The molecule has 1 rings (SSSR count). The van der Waals surface area contributed by atoms with Gasteiger partial charge >= 0.3 is 0 Å². The maximum absolute atomic E-state index is 12.2. The van der Waals surface area contributed by atoms with Crippen molar-refractivity contribution in [2.24, 2.45) is 4.99 Å². The molecule has 138 valence electrons. The fraction of sp³-hybridized carbons (Fsp3) is 0.533. The summed E-state index contributed by atoms with van der Waals surface area (Å²) in [6.07, 6.45) is 0. The van der Waals surface area contributed by atoms with Crippen molar-refractivity contribution in [2.75, 3.05) is 38.6 Å². The molecule has 0 heterocycles. The summed E-state index contributed by atoms with van der Waals surface area (Å²) in [6, 6.07) is 6.64. The number of sulfone groups is 1. The molecule has 24 heavy (non-hydrogen) atoms. The van der Waals surface area contributed by atoms with Gasteiger partial charge in [0.2, 0.25) is 0 Å². The number of nitrogens with zero attached hydrogens (tertiary/aromatic N) is 1. The number of hydrogen-bond acceptors (Lipinski definition) is 4. The van der Waals surface area contributed by atoms with Gasteiger partial charge < -0.3 is 15.4 Å². The number of nitrogens with one attached hydrogen (secondary N) is 2. The maximum Gasteiger partial charge on any atom is 0.191 e. The molecule has 0 saturated heterocycles. The lowest BCUT2D eigenvalue weighted by atomic mass is 10.4. The van der Waals surface area contributed by atoms with E-state index in [4.69, 9.17) is 4.74 Å². The molecule has 0 aliphatic carbocycles. The van der Waals surface area contributed by atoms with Gasteiger partial charge in [-0.05, 0) is 38.1 Å². The summed E-state index contributed by atoms with van der Waals surface area (Å²) < 4.78 is 30.6. The minimum absolute atomic E-state index is 0. The number of aliphatic imine (C=N–C) groups is 1. The number of hydrogen-bond donors (Lipinski definition) is 2. The fourth-order valence-electron chi connectivity index (χ4n) is 1.77. The highest BCUT2D eigenvalue weighted by atomic mass is 127. The van der Waals surface area contributed by atoms with Gasteiger partial charge in [-0.3, -0.25) is 4.99 Å². The largest absolute Gasteiger partial charge is 0.380 e. The Kier molecular flexibility index (Phi) is 12.7. The van der Waals surface area contributed by atoms with Crippen LogP contribution in [0.25, 0.3) is 0 Å². The molecule has 0 amide bonds. The molecule has 1 aromatic rings. The van der Waals surface area contributed by atoms with Crippen molar-refractivity contribution in [1.29, 1.82) is 0 Å². The summed E-state index contributed by atoms with van der Waals surface area (Å²) in [7, 11) is -3.31. The van der Waals surface area contributed by atoms with E-state index in [2.05, 4.69) is 31.6 Å². The van der Waals surface area contributed by atoms with Crippen LogP contribution in [0.3, 0.4) is 0 Å². The zero-order chi connectivity index (χ0) is 17.1. The van der Waals surface area contributed by atoms with Crippen molar-refractivity contribution >= 4 is 55.7 Å². The highest BCUT2D eigenvalue weighted by Gasteiger charge is 2.14. The lowest BCUT2D eigenvalue weighted by molar-refractivity contribution is 0.155. The van der Waals surface area contributed by atoms with E-state index < -0.39 is 9.84 Å². The lowest BCUT2D eigenvalue weighted by Gasteiger charge is -2.11. The van der Waals surface area contributed by atoms with E-state index in [0.717, 1.165) is 4.47 Å². The molecule has 9 heteroatoms. The lowest BCUT2D eigenvalue weighted by Crippen LogP contribution is -2.39. The predicted molar refractivity (Wildman–Crippen MR) is 112 cm³/mol. The molecular weight excluding hydrogens is 509 g/mol. The quantitative estimate of drug-likeness (QED) is 0.220. The molecule has 1 aromatic carbocycles. The first-order valence-electron chi connectivity index (χ1n) is 7.57. The first-order chi connectivity index (χ1) is 11.0. The van der Waals surface area contributed by atoms with Crippen molar-refractivity contribution in [3.05, 3.63) is 28.7 Å². The summed E-state index contributed by atoms with van der Waals surface area (Å²) >= 11 is 3.29. The van der Waals surface area contributed by atoms with Gasteiger partial charge in [0.15, 0.2) is 15.8 Å². The number of halogens is 2. The van der Waals surface area contributed by atoms with E-state index >= 15 is 0 Å². The molecule has 0 unspecified atom stereocenters. The Morgan fingerprint density at radius 2 is 1.88 bits per heavy atom. The van der Waals surface area contributed by atoms with Crippen LogP contribution < -0.4 is 10.6 Å². The smallest absolute Gasteiger partial charge is 0.191 e. The van der Waals surface area contributed by atoms with Crippen molar-refractivity contribution in [3.63, 3.8) is 0 Å². The third-order valence-electron chi connectivity index (χ3n) is 2.89. The van der Waals surface area contributed by atoms with Gasteiger partial charge in [0, 0.05) is 24.2 Å². The van der Waals surface area contributed by atoms with Crippen LogP contribution in [0.4, 0.5) is 0 Å². The van der Waals surface area contributed by atoms with Crippen LogP contribution in [0.2, 0.25) is 0 Å². The van der Waals surface area contributed by atoms with Crippen molar-refractivity contribution in [2.45, 2.75) is 18.7 Å². The van der Waals surface area contributed by atoms with Gasteiger partial charge in [-0.25, -0.2) is 8.42 Å². The molecule has 0 aliphatic rings. The zero-order valence-corrected chi connectivity index (χ0v) is 18.7. The molecule has 0 spiro atoms. The minimum Gasteiger partial charge on any atom is -0.380 e. The zero-order valence-electron chi connectivity index (χ0n) is 13.9. The number of ether oxygens (including phenoxy) is 1. The normalized spacial score (nSPS) is 11.7. The van der Waals surface area contributed by atoms with Crippen LogP contribution in [-0.4, -0.2) is 53.0 Å². The Hall–Kier alpha value is -0.390. The number of guanidine groups is 1. The van der Waals surface area contributed by atoms with E-state index in [-0.39, 0.29) is 29.7 Å². The maximum atomic E-state index is 12.2. The summed E-state index contributed by atoms with van der Waals surface area (Å²) in [4.78, 5) is 4.64. The Bertz CT molecular complexity index is 594. The fourth-order valence-corrected chi connectivity index (χ4v) is 3.19. The van der Waals surface area contributed by atoms with E-state index in [1.54, 1.807) is 24.3 Å². The van der Waals surface area contributed by atoms with E-state index in [1.165, 1.54) is 0 Å². The summed E-state index contributed by atoms with van der Waals surface area (Å²) in [5.74, 6) is 0.600. The highest BCUT2D eigenvalue weighted by molar-refractivity contribution is 14.0. The van der Waals surface area contributed by atoms with Gasteiger partial charge in [0.05, 0.1) is 23.8 Å². The van der Waals surface area contributed by atoms with Crippen LogP contribution >= 0.6 is 39.9 Å². The van der Waals surface area contributed by atoms with E-state index in [0.29, 0.717) is 43.7 Å². The first kappa shape index (κ1) is 23.6. The molecule has 0 bridgehead atoms. The highest BCUT2D eigenvalue weighted by Crippen LogP contribution is 2.15. The van der Waals surface area contributed by atoms with Gasteiger partial charge in [0.1, 0.15) is 0 Å². The summed E-state index contributed by atoms with van der Waals surface area (Å²) in [5.41, 5.74) is 0. The average Bonchev–Trinajstić information content (AvgIpc) is 2.52. The predicted octanol–water partition coefficient (Wildman–Crippen LogP) is 2.43. The van der Waals surface area contributed by atoms with Crippen LogP contribution in [-0.2, 0) is 14.6 Å². The van der Waals surface area contributed by atoms with Crippen LogP contribution in [0.15, 0.2) is 38.6 Å². The topological polar surface area (TPSA) is 79.8 Å². The van der Waals surface area contributed by atoms with Crippen LogP contribution in [0, 0.1) is 0 Å². The van der Waals surface area contributed by atoms with Gasteiger partial charge in [-0.2, -0.15) is 0 Å². The van der Waals surface area contributed by atoms with E-state index in [9.17, 15) is 8.42 Å². The molecule has 6 nitrogen and oxygen atoms in total. The molecule has 0 saturated carbocycles. The molecule has 0 fully saturated rings. The van der Waals surface area contributed by atoms with Crippen LogP contribution in [0.5, 0.6) is 0 Å². The summed E-state index contributed by atoms with van der Waals surface area (Å²) in [5, 5.41) is 6.11. The molecular formula is C15H25BrIN3O3S. The van der Waals surface area contributed by atoms with E-state index in [1.807, 2.05) is 13.8 Å². The SMILES string of the molecule is CCNC(=NCCOCC)NCCS(=O)(=O)c1ccc(Br)cc1.I. The van der Waals surface area contributed by atoms with Crippen molar-refractivity contribution < 1.29 is 13.2 Å². The molecule has 0 radical (unpaired) electrons. The minimum atomic E-state index is -3.31. The second kappa shape index (κ2) is 12.9. The second-order valence-corrected chi connectivity index (χ2v) is 7.68. The Labute approximate surface area is 169 Å². The van der Waals surface area contributed by atoms with Gasteiger partial charge in [-0.15, -0.1) is 24.0 Å². The molecule has 0 aromatic heterocycles. The second-order valence-electron chi connectivity index (χ2n) is 4.66. The third-order valence-corrected chi connectivity index (χ3v) is 5.15.